The van der Waals surface area contributed by atoms with Crippen molar-refractivity contribution < 1.29 is 19.8 Å². The standard InChI is InChI=1S/C14H19NO4/c1-3-15(8-7-12(16)17)13(14(18)19)11-6-4-5-10(2)9-11/h4-6,9,13H,3,7-8H2,1-2H3,(H,16,17)(H,18,19). The Kier molecular flexibility index (Phi) is 5.51. The summed E-state index contributed by atoms with van der Waals surface area (Å²) in [5, 5.41) is 18.1. The van der Waals surface area contributed by atoms with E-state index in [2.05, 4.69) is 0 Å². The number of aliphatic carboxylic acids is 2. The van der Waals surface area contributed by atoms with Gasteiger partial charge in [0.25, 0.3) is 0 Å². The van der Waals surface area contributed by atoms with Crippen LogP contribution in [-0.4, -0.2) is 40.1 Å². The smallest absolute Gasteiger partial charge is 0.325 e. The number of carboxylic acids is 2. The molecule has 0 radical (unpaired) electrons. The minimum Gasteiger partial charge on any atom is -0.481 e. The van der Waals surface area contributed by atoms with E-state index in [1.807, 2.05) is 32.0 Å². The van der Waals surface area contributed by atoms with Crippen molar-refractivity contribution in [2.75, 3.05) is 13.1 Å². The van der Waals surface area contributed by atoms with E-state index in [1.54, 1.807) is 11.0 Å². The van der Waals surface area contributed by atoms with Crippen molar-refractivity contribution in [3.8, 4) is 0 Å². The zero-order valence-corrected chi connectivity index (χ0v) is 11.2. The van der Waals surface area contributed by atoms with Gasteiger partial charge >= 0.3 is 11.9 Å². The van der Waals surface area contributed by atoms with Crippen LogP contribution in [0.25, 0.3) is 0 Å². The topological polar surface area (TPSA) is 77.8 Å². The Morgan fingerprint density at radius 1 is 1.32 bits per heavy atom. The van der Waals surface area contributed by atoms with E-state index in [4.69, 9.17) is 5.11 Å². The summed E-state index contributed by atoms with van der Waals surface area (Å²) in [4.78, 5) is 23.8. The Morgan fingerprint density at radius 2 is 2.00 bits per heavy atom. The Hall–Kier alpha value is -1.88. The normalized spacial score (nSPS) is 12.4. The summed E-state index contributed by atoms with van der Waals surface area (Å²) < 4.78 is 0. The Morgan fingerprint density at radius 3 is 2.47 bits per heavy atom. The van der Waals surface area contributed by atoms with Crippen molar-refractivity contribution in [3.05, 3.63) is 35.4 Å². The molecule has 5 nitrogen and oxygen atoms in total. The first-order valence-electron chi connectivity index (χ1n) is 6.21. The molecule has 104 valence electrons. The second-order valence-corrected chi connectivity index (χ2v) is 4.43. The number of aryl methyl sites for hydroxylation is 1. The highest BCUT2D eigenvalue weighted by Crippen LogP contribution is 2.22. The third-order valence-electron chi connectivity index (χ3n) is 2.98. The van der Waals surface area contributed by atoms with Crippen molar-refractivity contribution >= 4 is 11.9 Å². The van der Waals surface area contributed by atoms with Crippen LogP contribution in [0.4, 0.5) is 0 Å². The van der Waals surface area contributed by atoms with Crippen LogP contribution in [0.2, 0.25) is 0 Å². The van der Waals surface area contributed by atoms with Crippen molar-refractivity contribution in [2.45, 2.75) is 26.3 Å². The van der Waals surface area contributed by atoms with Crippen LogP contribution in [0.5, 0.6) is 0 Å². The summed E-state index contributed by atoms with van der Waals surface area (Å²) in [7, 11) is 0. The summed E-state index contributed by atoms with van der Waals surface area (Å²) >= 11 is 0. The number of likely N-dealkylation sites (N-methyl/N-ethyl adjacent to an activating group) is 1. The number of hydrogen-bond donors (Lipinski definition) is 2. The molecule has 1 atom stereocenters. The van der Waals surface area contributed by atoms with Gasteiger partial charge in [-0.15, -0.1) is 0 Å². The van der Waals surface area contributed by atoms with Crippen molar-refractivity contribution in [1.82, 2.24) is 4.90 Å². The Bertz CT molecular complexity index is 459. The minimum atomic E-state index is -0.960. The largest absolute Gasteiger partial charge is 0.481 e. The molecule has 0 bridgehead atoms. The van der Waals surface area contributed by atoms with Gasteiger partial charge in [-0.25, -0.2) is 0 Å². The number of hydrogen-bond acceptors (Lipinski definition) is 3. The molecule has 0 spiro atoms. The lowest BCUT2D eigenvalue weighted by Gasteiger charge is -2.27. The van der Waals surface area contributed by atoms with Crippen LogP contribution < -0.4 is 0 Å². The Labute approximate surface area is 112 Å². The van der Waals surface area contributed by atoms with Gasteiger partial charge in [-0.2, -0.15) is 0 Å². The molecule has 1 unspecified atom stereocenters. The van der Waals surface area contributed by atoms with Gasteiger partial charge in [-0.05, 0) is 19.0 Å². The van der Waals surface area contributed by atoms with Gasteiger partial charge in [-0.1, -0.05) is 36.8 Å². The fraction of sp³-hybridized carbons (Fsp3) is 0.429. The molecule has 1 rings (SSSR count). The maximum Gasteiger partial charge on any atom is 0.325 e. The highest BCUT2D eigenvalue weighted by atomic mass is 16.4. The molecule has 0 aromatic heterocycles. The molecule has 5 heteroatoms. The van der Waals surface area contributed by atoms with Gasteiger partial charge in [-0.3, -0.25) is 14.5 Å². The third kappa shape index (κ3) is 4.37. The lowest BCUT2D eigenvalue weighted by Crippen LogP contribution is -2.35. The molecule has 1 aromatic carbocycles. The van der Waals surface area contributed by atoms with E-state index in [0.29, 0.717) is 12.1 Å². The molecular formula is C14H19NO4. The molecular weight excluding hydrogens is 246 g/mol. The summed E-state index contributed by atoms with van der Waals surface area (Å²) in [5.74, 6) is -1.88. The molecule has 0 fully saturated rings. The fourth-order valence-corrected chi connectivity index (χ4v) is 2.06. The second kappa shape index (κ2) is 6.89. The maximum absolute atomic E-state index is 11.5. The van der Waals surface area contributed by atoms with Gasteiger partial charge in [0, 0.05) is 6.54 Å². The summed E-state index contributed by atoms with van der Waals surface area (Å²) in [6, 6.07) is 6.49. The quantitative estimate of drug-likeness (QED) is 0.787. The van der Waals surface area contributed by atoms with Crippen molar-refractivity contribution in [3.63, 3.8) is 0 Å². The van der Waals surface area contributed by atoms with E-state index in [9.17, 15) is 14.7 Å². The lowest BCUT2D eigenvalue weighted by molar-refractivity contribution is -0.145. The van der Waals surface area contributed by atoms with Gasteiger partial charge < -0.3 is 10.2 Å². The average molecular weight is 265 g/mol. The lowest BCUT2D eigenvalue weighted by atomic mass is 10.0. The van der Waals surface area contributed by atoms with Crippen LogP contribution >= 0.6 is 0 Å². The summed E-state index contributed by atoms with van der Waals surface area (Å²) in [6.07, 6.45) is -0.0660. The molecule has 1 aromatic rings. The van der Waals surface area contributed by atoms with Crippen LogP contribution in [-0.2, 0) is 9.59 Å². The predicted octanol–water partition coefficient (Wildman–Crippen LogP) is 1.92. The first-order valence-corrected chi connectivity index (χ1v) is 6.21. The number of nitrogens with zero attached hydrogens (tertiary/aromatic N) is 1. The van der Waals surface area contributed by atoms with E-state index in [0.717, 1.165) is 5.56 Å². The van der Waals surface area contributed by atoms with Gasteiger partial charge in [0.2, 0.25) is 0 Å². The number of carbonyl (C=O) groups is 2. The first kappa shape index (κ1) is 15.2. The van der Waals surface area contributed by atoms with Crippen molar-refractivity contribution in [2.24, 2.45) is 0 Å². The van der Waals surface area contributed by atoms with E-state index >= 15 is 0 Å². The number of rotatable bonds is 7. The summed E-state index contributed by atoms with van der Waals surface area (Å²) in [6.45, 7) is 4.43. The zero-order valence-electron chi connectivity index (χ0n) is 11.2. The number of benzene rings is 1. The molecule has 0 aliphatic heterocycles. The van der Waals surface area contributed by atoms with E-state index < -0.39 is 18.0 Å². The van der Waals surface area contributed by atoms with Crippen LogP contribution in [0.15, 0.2) is 24.3 Å². The number of carboxylic acid groups (broad SMARTS) is 2. The molecule has 0 saturated carbocycles. The van der Waals surface area contributed by atoms with Crippen LogP contribution in [0.3, 0.4) is 0 Å². The SMILES string of the molecule is CCN(CCC(=O)O)C(C(=O)O)c1cccc(C)c1. The van der Waals surface area contributed by atoms with Crippen LogP contribution in [0, 0.1) is 6.92 Å². The molecule has 19 heavy (non-hydrogen) atoms. The fourth-order valence-electron chi connectivity index (χ4n) is 2.06. The van der Waals surface area contributed by atoms with Gasteiger partial charge in [0.1, 0.15) is 6.04 Å². The molecule has 0 aliphatic rings. The molecule has 2 N–H and O–H groups in total. The molecule has 0 saturated heterocycles. The Balaban J connectivity index is 2.97. The highest BCUT2D eigenvalue weighted by molar-refractivity contribution is 5.75. The highest BCUT2D eigenvalue weighted by Gasteiger charge is 2.26. The molecule has 0 heterocycles. The van der Waals surface area contributed by atoms with E-state index in [-0.39, 0.29) is 13.0 Å². The average Bonchev–Trinajstić information content (AvgIpc) is 2.33. The van der Waals surface area contributed by atoms with Gasteiger partial charge in [0.15, 0.2) is 0 Å². The molecule has 0 amide bonds. The van der Waals surface area contributed by atoms with Crippen molar-refractivity contribution in [1.29, 1.82) is 0 Å². The predicted molar refractivity (Wildman–Crippen MR) is 71.1 cm³/mol. The minimum absolute atomic E-state index is 0.0660. The second-order valence-electron chi connectivity index (χ2n) is 4.43. The zero-order chi connectivity index (χ0) is 14.4. The third-order valence-corrected chi connectivity index (χ3v) is 2.98. The molecule has 0 aliphatic carbocycles. The van der Waals surface area contributed by atoms with Gasteiger partial charge in [0.05, 0.1) is 6.42 Å². The maximum atomic E-state index is 11.5. The monoisotopic (exact) mass is 265 g/mol. The van der Waals surface area contributed by atoms with E-state index in [1.165, 1.54) is 0 Å². The first-order chi connectivity index (χ1) is 8.95. The van der Waals surface area contributed by atoms with Crippen LogP contribution in [0.1, 0.15) is 30.5 Å². The summed E-state index contributed by atoms with van der Waals surface area (Å²) in [5.41, 5.74) is 1.66.